The first kappa shape index (κ1) is 10.1. The first-order chi connectivity index (χ1) is 6.77. The molecule has 3 nitrogen and oxygen atoms in total. The first-order valence-electron chi connectivity index (χ1n) is 4.57. The van der Waals surface area contributed by atoms with Crippen LogP contribution in [0.4, 0.5) is 0 Å². The number of carbonyl (C=O) groups excluding carboxylic acids is 1. The van der Waals surface area contributed by atoms with E-state index in [1.165, 1.54) is 0 Å². The molecule has 1 aliphatic rings. The van der Waals surface area contributed by atoms with E-state index in [2.05, 4.69) is 20.9 Å². The van der Waals surface area contributed by atoms with Gasteiger partial charge in [-0.05, 0) is 12.8 Å². The molecule has 0 spiro atoms. The van der Waals surface area contributed by atoms with Crippen LogP contribution in [0.2, 0.25) is 0 Å². The summed E-state index contributed by atoms with van der Waals surface area (Å²) in [6.45, 7) is 1.59. The molecule has 14 heavy (non-hydrogen) atoms. The highest BCUT2D eigenvalue weighted by Gasteiger charge is 2.26. The first-order valence-corrected chi connectivity index (χ1v) is 6.37. The van der Waals surface area contributed by atoms with Crippen molar-refractivity contribution < 1.29 is 4.79 Å². The summed E-state index contributed by atoms with van der Waals surface area (Å²) in [4.78, 5) is 18.8. The summed E-state index contributed by atoms with van der Waals surface area (Å²) in [6, 6.07) is 0. The van der Waals surface area contributed by atoms with Gasteiger partial charge < -0.3 is 4.90 Å². The second kappa shape index (κ2) is 4.40. The van der Waals surface area contributed by atoms with Crippen molar-refractivity contribution in [2.24, 2.45) is 0 Å². The van der Waals surface area contributed by atoms with E-state index in [0.29, 0.717) is 6.54 Å². The number of piperidine rings is 1. The van der Waals surface area contributed by atoms with E-state index in [1.807, 2.05) is 11.1 Å². The molecule has 2 rings (SSSR count). The quantitative estimate of drug-likeness (QED) is 0.774. The maximum absolute atomic E-state index is 11.7. The van der Waals surface area contributed by atoms with Gasteiger partial charge in [-0.15, -0.1) is 11.3 Å². The van der Waals surface area contributed by atoms with Gasteiger partial charge in [-0.3, -0.25) is 9.78 Å². The number of hydrogen-bond acceptors (Lipinski definition) is 3. The second-order valence-electron chi connectivity index (χ2n) is 3.34. The number of likely N-dealkylation sites (tertiary alicyclic amines) is 1. The molecule has 0 saturated carbocycles. The van der Waals surface area contributed by atoms with Crippen molar-refractivity contribution in [2.45, 2.75) is 24.2 Å². The summed E-state index contributed by atoms with van der Waals surface area (Å²) in [5.41, 5.74) is 1.80. The SMILES string of the molecule is O=C1C(Br)CCCN1Cc1cncs1. The van der Waals surface area contributed by atoms with Crippen molar-refractivity contribution in [3.05, 3.63) is 16.6 Å². The number of rotatable bonds is 2. The molecule has 0 bridgehead atoms. The molecule has 0 aromatic carbocycles. The molecular weight excluding hydrogens is 264 g/mol. The largest absolute Gasteiger partial charge is 0.337 e. The zero-order valence-corrected chi connectivity index (χ0v) is 10.1. The van der Waals surface area contributed by atoms with E-state index in [9.17, 15) is 4.79 Å². The van der Waals surface area contributed by atoms with Gasteiger partial charge in [-0.2, -0.15) is 0 Å². The third kappa shape index (κ3) is 2.15. The summed E-state index contributed by atoms with van der Waals surface area (Å²) in [6.07, 6.45) is 3.87. The van der Waals surface area contributed by atoms with Gasteiger partial charge in [0.2, 0.25) is 5.91 Å². The Labute approximate surface area is 95.3 Å². The Morgan fingerprint density at radius 3 is 3.29 bits per heavy atom. The lowest BCUT2D eigenvalue weighted by molar-refractivity contribution is -0.132. The lowest BCUT2D eigenvalue weighted by Gasteiger charge is -2.29. The number of hydrogen-bond donors (Lipinski definition) is 0. The van der Waals surface area contributed by atoms with Crippen molar-refractivity contribution >= 4 is 33.2 Å². The third-order valence-electron chi connectivity index (χ3n) is 2.30. The van der Waals surface area contributed by atoms with Crippen LogP contribution >= 0.6 is 27.3 Å². The molecule has 1 aromatic rings. The van der Waals surface area contributed by atoms with E-state index in [-0.39, 0.29) is 10.7 Å². The second-order valence-corrected chi connectivity index (χ2v) is 5.41. The molecule has 2 heterocycles. The van der Waals surface area contributed by atoms with E-state index >= 15 is 0 Å². The minimum Gasteiger partial charge on any atom is -0.337 e. The fourth-order valence-corrected chi connectivity index (χ4v) is 2.78. The number of thiazole rings is 1. The number of nitrogens with zero attached hydrogens (tertiary/aromatic N) is 2. The molecule has 1 fully saturated rings. The number of alkyl halides is 1. The summed E-state index contributed by atoms with van der Waals surface area (Å²) in [7, 11) is 0. The maximum atomic E-state index is 11.7. The summed E-state index contributed by atoms with van der Waals surface area (Å²) in [5.74, 6) is 0.213. The predicted octanol–water partition coefficient (Wildman–Crippen LogP) is 2.03. The molecular formula is C9H11BrN2OS. The van der Waals surface area contributed by atoms with Gasteiger partial charge in [-0.1, -0.05) is 15.9 Å². The van der Waals surface area contributed by atoms with Gasteiger partial charge in [0.1, 0.15) is 0 Å². The Bertz CT molecular complexity index is 315. The molecule has 1 aliphatic heterocycles. The minimum atomic E-state index is 0.0178. The lowest BCUT2D eigenvalue weighted by atomic mass is 10.1. The van der Waals surface area contributed by atoms with Crippen molar-refractivity contribution in [2.75, 3.05) is 6.54 Å². The van der Waals surface area contributed by atoms with Crippen molar-refractivity contribution in [3.63, 3.8) is 0 Å². The van der Waals surface area contributed by atoms with E-state index < -0.39 is 0 Å². The number of amides is 1. The van der Waals surface area contributed by atoms with E-state index in [1.54, 1.807) is 16.8 Å². The van der Waals surface area contributed by atoms with Gasteiger partial charge in [0.25, 0.3) is 0 Å². The highest BCUT2D eigenvalue weighted by atomic mass is 79.9. The molecule has 0 aliphatic carbocycles. The van der Waals surface area contributed by atoms with Crippen molar-refractivity contribution in [3.8, 4) is 0 Å². The van der Waals surface area contributed by atoms with Gasteiger partial charge >= 0.3 is 0 Å². The van der Waals surface area contributed by atoms with Crippen LogP contribution in [0, 0.1) is 0 Å². The molecule has 1 amide bonds. The average molecular weight is 275 g/mol. The number of halogens is 1. The number of aromatic nitrogens is 1. The van der Waals surface area contributed by atoms with Gasteiger partial charge in [0.15, 0.2) is 0 Å². The molecule has 1 aromatic heterocycles. The van der Waals surface area contributed by atoms with Crippen LogP contribution in [0.15, 0.2) is 11.7 Å². The predicted molar refractivity (Wildman–Crippen MR) is 59.5 cm³/mol. The third-order valence-corrected chi connectivity index (χ3v) is 3.91. The smallest absolute Gasteiger partial charge is 0.236 e. The standard InChI is InChI=1S/C9H11BrN2OS/c10-8-2-1-3-12(9(8)13)5-7-4-11-6-14-7/h4,6,8H,1-3,5H2. The zero-order chi connectivity index (χ0) is 9.97. The molecule has 1 unspecified atom stereocenters. The monoisotopic (exact) mass is 274 g/mol. The van der Waals surface area contributed by atoms with E-state index in [0.717, 1.165) is 24.3 Å². The molecule has 1 atom stereocenters. The average Bonchev–Trinajstić information content (AvgIpc) is 2.66. The Morgan fingerprint density at radius 2 is 2.57 bits per heavy atom. The molecule has 1 saturated heterocycles. The van der Waals surface area contributed by atoms with Gasteiger partial charge in [-0.25, -0.2) is 0 Å². The summed E-state index contributed by atoms with van der Waals surface area (Å²) >= 11 is 4.99. The van der Waals surface area contributed by atoms with Crippen molar-refractivity contribution in [1.82, 2.24) is 9.88 Å². The fourth-order valence-electron chi connectivity index (χ4n) is 1.56. The van der Waals surface area contributed by atoms with Crippen LogP contribution in [0.3, 0.4) is 0 Å². The Hall–Kier alpha value is -0.420. The summed E-state index contributed by atoms with van der Waals surface area (Å²) in [5, 5.41) is 0. The van der Waals surface area contributed by atoms with Crippen LogP contribution in [-0.2, 0) is 11.3 Å². The topological polar surface area (TPSA) is 33.2 Å². The van der Waals surface area contributed by atoms with Gasteiger partial charge in [0, 0.05) is 17.6 Å². The highest BCUT2D eigenvalue weighted by Crippen LogP contribution is 2.21. The maximum Gasteiger partial charge on any atom is 0.236 e. The van der Waals surface area contributed by atoms with Crippen LogP contribution in [0.25, 0.3) is 0 Å². The molecule has 76 valence electrons. The van der Waals surface area contributed by atoms with Crippen LogP contribution in [-0.4, -0.2) is 27.2 Å². The summed E-state index contributed by atoms with van der Waals surface area (Å²) < 4.78 is 0. The van der Waals surface area contributed by atoms with Crippen LogP contribution in [0.5, 0.6) is 0 Å². The Kier molecular flexibility index (Phi) is 3.18. The van der Waals surface area contributed by atoms with Crippen LogP contribution < -0.4 is 0 Å². The zero-order valence-electron chi connectivity index (χ0n) is 7.65. The molecule has 0 radical (unpaired) electrons. The van der Waals surface area contributed by atoms with Gasteiger partial charge in [0.05, 0.1) is 16.9 Å². The highest BCUT2D eigenvalue weighted by molar-refractivity contribution is 9.10. The van der Waals surface area contributed by atoms with E-state index in [4.69, 9.17) is 0 Å². The minimum absolute atomic E-state index is 0.0178. The molecule has 0 N–H and O–H groups in total. The lowest BCUT2D eigenvalue weighted by Crippen LogP contribution is -2.40. The fraction of sp³-hybridized carbons (Fsp3) is 0.556. The molecule has 5 heteroatoms. The normalized spacial score (nSPS) is 22.8. The Balaban J connectivity index is 2.00. The number of carbonyl (C=O) groups is 1. The van der Waals surface area contributed by atoms with Crippen molar-refractivity contribution in [1.29, 1.82) is 0 Å². The Morgan fingerprint density at radius 1 is 1.71 bits per heavy atom. The van der Waals surface area contributed by atoms with Crippen LogP contribution in [0.1, 0.15) is 17.7 Å².